The minimum absolute atomic E-state index is 0.188. The average molecular weight is 336 g/mol. The first-order valence-electron chi connectivity index (χ1n) is 8.22. The minimum atomic E-state index is -0.606. The molecule has 1 fully saturated rings. The Hall–Kier alpha value is -2.11. The third-order valence-electron chi connectivity index (χ3n) is 3.96. The van der Waals surface area contributed by atoms with Gasteiger partial charge < -0.3 is 9.64 Å². The Morgan fingerprint density at radius 3 is 2.42 bits per heavy atom. The molecule has 1 aromatic carbocycles. The predicted octanol–water partition coefficient (Wildman–Crippen LogP) is 3.58. The number of hydrogen-bond donors (Lipinski definition) is 0. The highest BCUT2D eigenvalue weighted by atomic mass is 19.1. The standard InChI is InChI=1S/C18H25FN2O3/c1-18(2,3)24-17(23)21-12-6-5-7-15(21)16(22)20(4)14-10-8-13(19)9-11-14/h8-11,15H,5-7,12H2,1-4H3. The van der Waals surface area contributed by atoms with Crippen LogP contribution in [0.2, 0.25) is 0 Å². The molecule has 0 radical (unpaired) electrons. The van der Waals surface area contributed by atoms with Crippen LogP contribution >= 0.6 is 0 Å². The zero-order chi connectivity index (χ0) is 17.9. The van der Waals surface area contributed by atoms with Crippen LogP contribution in [0.5, 0.6) is 0 Å². The van der Waals surface area contributed by atoms with Crippen molar-refractivity contribution < 1.29 is 18.7 Å². The van der Waals surface area contributed by atoms with Crippen molar-refractivity contribution in [2.75, 3.05) is 18.5 Å². The van der Waals surface area contributed by atoms with Crippen molar-refractivity contribution >= 4 is 17.7 Å². The van der Waals surface area contributed by atoms with Gasteiger partial charge in [0, 0.05) is 19.3 Å². The SMILES string of the molecule is CN(C(=O)C1CCCCN1C(=O)OC(C)(C)C)c1ccc(F)cc1. The summed E-state index contributed by atoms with van der Waals surface area (Å²) in [6.45, 7) is 5.91. The number of likely N-dealkylation sites (N-methyl/N-ethyl adjacent to an activating group) is 1. The fraction of sp³-hybridized carbons (Fsp3) is 0.556. The normalized spacial score (nSPS) is 18.2. The Balaban J connectivity index is 2.15. The highest BCUT2D eigenvalue weighted by Gasteiger charge is 2.36. The van der Waals surface area contributed by atoms with Gasteiger partial charge in [-0.05, 0) is 64.3 Å². The number of piperidine rings is 1. The minimum Gasteiger partial charge on any atom is -0.444 e. The second-order valence-electron chi connectivity index (χ2n) is 7.06. The van der Waals surface area contributed by atoms with Crippen molar-refractivity contribution in [2.24, 2.45) is 0 Å². The van der Waals surface area contributed by atoms with E-state index in [4.69, 9.17) is 4.74 Å². The molecule has 5 nitrogen and oxygen atoms in total. The Kier molecular flexibility index (Phi) is 5.47. The molecular formula is C18H25FN2O3. The Morgan fingerprint density at radius 2 is 1.83 bits per heavy atom. The predicted molar refractivity (Wildman–Crippen MR) is 90.4 cm³/mol. The van der Waals surface area contributed by atoms with E-state index in [1.807, 2.05) is 0 Å². The van der Waals surface area contributed by atoms with Crippen molar-refractivity contribution in [1.82, 2.24) is 4.90 Å². The first kappa shape index (κ1) is 18.2. The summed E-state index contributed by atoms with van der Waals surface area (Å²) in [4.78, 5) is 28.2. The summed E-state index contributed by atoms with van der Waals surface area (Å²) in [5.41, 5.74) is -0.0125. The zero-order valence-electron chi connectivity index (χ0n) is 14.7. The van der Waals surface area contributed by atoms with Crippen LogP contribution < -0.4 is 4.90 Å². The van der Waals surface area contributed by atoms with E-state index in [-0.39, 0.29) is 11.7 Å². The number of anilines is 1. The molecule has 1 atom stereocenters. The molecule has 0 saturated carbocycles. The van der Waals surface area contributed by atoms with Crippen LogP contribution in [0.25, 0.3) is 0 Å². The monoisotopic (exact) mass is 336 g/mol. The lowest BCUT2D eigenvalue weighted by molar-refractivity contribution is -0.124. The summed E-state index contributed by atoms with van der Waals surface area (Å²) in [6, 6.07) is 5.17. The van der Waals surface area contributed by atoms with Gasteiger partial charge in [-0.2, -0.15) is 0 Å². The van der Waals surface area contributed by atoms with E-state index in [9.17, 15) is 14.0 Å². The number of carbonyl (C=O) groups is 2. The molecule has 0 N–H and O–H groups in total. The molecule has 0 bridgehead atoms. The Morgan fingerprint density at radius 1 is 1.21 bits per heavy atom. The van der Waals surface area contributed by atoms with Crippen LogP contribution in [0, 0.1) is 5.82 Å². The number of hydrogen-bond acceptors (Lipinski definition) is 3. The highest BCUT2D eigenvalue weighted by molar-refractivity contribution is 5.98. The van der Waals surface area contributed by atoms with Gasteiger partial charge in [0.2, 0.25) is 5.91 Å². The van der Waals surface area contributed by atoms with Crippen LogP contribution in [0.3, 0.4) is 0 Å². The molecule has 132 valence electrons. The third kappa shape index (κ3) is 4.46. The second-order valence-corrected chi connectivity index (χ2v) is 7.06. The first-order chi connectivity index (χ1) is 11.2. The Labute approximate surface area is 142 Å². The lowest BCUT2D eigenvalue weighted by Gasteiger charge is -2.37. The average Bonchev–Trinajstić information content (AvgIpc) is 2.52. The van der Waals surface area contributed by atoms with Gasteiger partial charge in [-0.1, -0.05) is 0 Å². The second kappa shape index (κ2) is 7.20. The summed E-state index contributed by atoms with van der Waals surface area (Å²) in [5, 5.41) is 0. The quantitative estimate of drug-likeness (QED) is 0.829. The molecule has 1 aliphatic rings. The number of amides is 2. The van der Waals surface area contributed by atoms with E-state index in [2.05, 4.69) is 0 Å². The van der Waals surface area contributed by atoms with Gasteiger partial charge in [-0.3, -0.25) is 9.69 Å². The first-order valence-corrected chi connectivity index (χ1v) is 8.22. The molecular weight excluding hydrogens is 311 g/mol. The van der Waals surface area contributed by atoms with E-state index in [0.717, 1.165) is 12.8 Å². The maximum atomic E-state index is 13.1. The molecule has 1 saturated heterocycles. The number of nitrogens with zero attached hydrogens (tertiary/aromatic N) is 2. The fourth-order valence-electron chi connectivity index (χ4n) is 2.74. The van der Waals surface area contributed by atoms with Crippen LogP contribution in [-0.4, -0.2) is 42.1 Å². The molecule has 0 spiro atoms. The number of ether oxygens (including phenoxy) is 1. The molecule has 24 heavy (non-hydrogen) atoms. The van der Waals surface area contributed by atoms with E-state index in [1.54, 1.807) is 40.0 Å². The van der Waals surface area contributed by atoms with Crippen LogP contribution in [0.4, 0.5) is 14.9 Å². The van der Waals surface area contributed by atoms with Gasteiger partial charge >= 0.3 is 6.09 Å². The lowest BCUT2D eigenvalue weighted by Crippen LogP contribution is -2.53. The molecule has 1 unspecified atom stereocenters. The third-order valence-corrected chi connectivity index (χ3v) is 3.96. The van der Waals surface area contributed by atoms with Gasteiger partial charge in [0.15, 0.2) is 0 Å². The van der Waals surface area contributed by atoms with Gasteiger partial charge in [0.25, 0.3) is 0 Å². The van der Waals surface area contributed by atoms with Gasteiger partial charge in [-0.25, -0.2) is 9.18 Å². The van der Waals surface area contributed by atoms with Crippen molar-refractivity contribution in [3.63, 3.8) is 0 Å². The summed E-state index contributed by atoms with van der Waals surface area (Å²) in [7, 11) is 1.64. The number of likely N-dealkylation sites (tertiary alicyclic amines) is 1. The summed E-state index contributed by atoms with van der Waals surface area (Å²) < 4.78 is 18.5. The van der Waals surface area contributed by atoms with Crippen LogP contribution in [0.15, 0.2) is 24.3 Å². The van der Waals surface area contributed by atoms with Crippen LogP contribution in [0.1, 0.15) is 40.0 Å². The van der Waals surface area contributed by atoms with Crippen molar-refractivity contribution in [3.8, 4) is 0 Å². The van der Waals surface area contributed by atoms with E-state index in [1.165, 1.54) is 21.9 Å². The maximum Gasteiger partial charge on any atom is 0.410 e. The maximum absolute atomic E-state index is 13.1. The fourth-order valence-corrected chi connectivity index (χ4v) is 2.74. The van der Waals surface area contributed by atoms with Gasteiger partial charge in [0.05, 0.1) is 0 Å². The number of halogens is 1. The molecule has 2 amide bonds. The highest BCUT2D eigenvalue weighted by Crippen LogP contribution is 2.24. The number of rotatable bonds is 2. The molecule has 2 rings (SSSR count). The van der Waals surface area contributed by atoms with E-state index < -0.39 is 17.7 Å². The lowest BCUT2D eigenvalue weighted by atomic mass is 10.0. The topological polar surface area (TPSA) is 49.9 Å². The summed E-state index contributed by atoms with van der Waals surface area (Å²) in [5.74, 6) is -0.542. The Bertz CT molecular complexity index is 595. The largest absolute Gasteiger partial charge is 0.444 e. The number of benzene rings is 1. The van der Waals surface area contributed by atoms with Crippen molar-refractivity contribution in [3.05, 3.63) is 30.1 Å². The molecule has 1 heterocycles. The van der Waals surface area contributed by atoms with Gasteiger partial charge in [-0.15, -0.1) is 0 Å². The molecule has 1 aliphatic heterocycles. The molecule has 0 aromatic heterocycles. The summed E-state index contributed by atoms with van der Waals surface area (Å²) >= 11 is 0. The van der Waals surface area contributed by atoms with Gasteiger partial charge in [0.1, 0.15) is 17.5 Å². The number of carbonyl (C=O) groups excluding carboxylic acids is 2. The van der Waals surface area contributed by atoms with E-state index >= 15 is 0 Å². The van der Waals surface area contributed by atoms with Crippen molar-refractivity contribution in [1.29, 1.82) is 0 Å². The zero-order valence-corrected chi connectivity index (χ0v) is 14.7. The molecule has 1 aromatic rings. The molecule has 0 aliphatic carbocycles. The van der Waals surface area contributed by atoms with E-state index in [0.29, 0.717) is 18.7 Å². The van der Waals surface area contributed by atoms with Crippen molar-refractivity contribution in [2.45, 2.75) is 51.7 Å². The summed E-state index contributed by atoms with van der Waals surface area (Å²) in [6.07, 6.45) is 1.87. The van der Waals surface area contributed by atoms with Crippen LogP contribution in [-0.2, 0) is 9.53 Å². The molecule has 6 heteroatoms. The smallest absolute Gasteiger partial charge is 0.410 e.